The van der Waals surface area contributed by atoms with E-state index in [2.05, 4.69) is 17.8 Å². The second-order valence-electron chi connectivity index (χ2n) is 4.23. The van der Waals surface area contributed by atoms with Crippen molar-refractivity contribution in [1.29, 1.82) is 0 Å². The van der Waals surface area contributed by atoms with Crippen LogP contribution in [-0.4, -0.2) is 12.5 Å². The third-order valence-electron chi connectivity index (χ3n) is 2.50. The van der Waals surface area contributed by atoms with Crippen molar-refractivity contribution in [2.75, 3.05) is 6.61 Å². The summed E-state index contributed by atoms with van der Waals surface area (Å²) in [5.41, 5.74) is 6.48. The minimum atomic E-state index is -0.0918. The van der Waals surface area contributed by atoms with Crippen LogP contribution in [-0.2, 0) is 11.3 Å². The number of benzene rings is 1. The highest BCUT2D eigenvalue weighted by Crippen LogP contribution is 2.12. The smallest absolute Gasteiger partial charge is 0.230 e. The van der Waals surface area contributed by atoms with Gasteiger partial charge in [-0.25, -0.2) is 5.43 Å². The maximum atomic E-state index is 10.7. The number of carbonyl (C=O) groups excluding carboxylic acids is 1. The predicted octanol–water partition coefficient (Wildman–Crippen LogP) is 2.40. The van der Waals surface area contributed by atoms with Gasteiger partial charge < -0.3 is 4.74 Å². The first-order valence-electron chi connectivity index (χ1n) is 6.43. The Kier molecular flexibility index (Phi) is 6.87. The standard InChI is InChI=1S/C14H22N2O2/c1-3-4-5-10-18-14-8-6-13(7-9-14)11-15-16-12(2)17/h6-9,15H,3-5,10-11H2,1-2H3,(H,16,17). The highest BCUT2D eigenvalue weighted by molar-refractivity contribution is 5.72. The molecule has 4 heteroatoms. The van der Waals surface area contributed by atoms with Crippen LogP contribution >= 0.6 is 0 Å². The molecule has 0 saturated carbocycles. The summed E-state index contributed by atoms with van der Waals surface area (Å²) in [5.74, 6) is 0.806. The number of hydrogen-bond donors (Lipinski definition) is 2. The molecule has 0 atom stereocenters. The molecular weight excluding hydrogens is 228 g/mol. The van der Waals surface area contributed by atoms with Crippen molar-refractivity contribution in [3.8, 4) is 5.75 Å². The maximum absolute atomic E-state index is 10.7. The van der Waals surface area contributed by atoms with E-state index < -0.39 is 0 Å². The monoisotopic (exact) mass is 250 g/mol. The summed E-state index contributed by atoms with van der Waals surface area (Å²) in [6, 6.07) is 7.89. The first-order chi connectivity index (χ1) is 8.72. The summed E-state index contributed by atoms with van der Waals surface area (Å²) >= 11 is 0. The molecule has 0 saturated heterocycles. The lowest BCUT2D eigenvalue weighted by Crippen LogP contribution is -2.34. The van der Waals surface area contributed by atoms with Gasteiger partial charge in [0.25, 0.3) is 0 Å². The molecule has 0 aliphatic rings. The normalized spacial score (nSPS) is 10.1. The molecule has 0 fully saturated rings. The van der Waals surface area contributed by atoms with Gasteiger partial charge in [0.1, 0.15) is 5.75 Å². The van der Waals surface area contributed by atoms with Crippen LogP contribution in [0.4, 0.5) is 0 Å². The molecule has 1 aromatic rings. The zero-order valence-electron chi connectivity index (χ0n) is 11.2. The quantitative estimate of drug-likeness (QED) is 0.550. The zero-order valence-corrected chi connectivity index (χ0v) is 11.2. The Hall–Kier alpha value is -1.55. The van der Waals surface area contributed by atoms with Gasteiger partial charge in [-0.3, -0.25) is 10.2 Å². The summed E-state index contributed by atoms with van der Waals surface area (Å²) in [6.07, 6.45) is 3.51. The van der Waals surface area contributed by atoms with Crippen molar-refractivity contribution in [2.45, 2.75) is 39.7 Å². The molecule has 1 amide bonds. The van der Waals surface area contributed by atoms with Crippen molar-refractivity contribution in [3.63, 3.8) is 0 Å². The van der Waals surface area contributed by atoms with Crippen LogP contribution in [0.15, 0.2) is 24.3 Å². The topological polar surface area (TPSA) is 50.4 Å². The highest BCUT2D eigenvalue weighted by Gasteiger charge is 1.96. The summed E-state index contributed by atoms with van der Waals surface area (Å²) in [6.45, 7) is 5.03. The van der Waals surface area contributed by atoms with E-state index in [9.17, 15) is 4.79 Å². The van der Waals surface area contributed by atoms with Gasteiger partial charge in [0.05, 0.1) is 6.61 Å². The molecule has 0 aliphatic carbocycles. The van der Waals surface area contributed by atoms with Gasteiger partial charge in [0, 0.05) is 13.5 Å². The van der Waals surface area contributed by atoms with Crippen molar-refractivity contribution in [3.05, 3.63) is 29.8 Å². The molecule has 0 radical (unpaired) electrons. The molecule has 1 aromatic carbocycles. The van der Waals surface area contributed by atoms with Crippen LogP contribution in [0.3, 0.4) is 0 Å². The van der Waals surface area contributed by atoms with Crippen LogP contribution in [0, 0.1) is 0 Å². The van der Waals surface area contributed by atoms with Gasteiger partial charge in [0.15, 0.2) is 0 Å². The third-order valence-corrected chi connectivity index (χ3v) is 2.50. The largest absolute Gasteiger partial charge is 0.494 e. The number of rotatable bonds is 8. The average molecular weight is 250 g/mol. The van der Waals surface area contributed by atoms with Gasteiger partial charge >= 0.3 is 0 Å². The Morgan fingerprint density at radius 3 is 2.56 bits per heavy atom. The Bertz CT molecular complexity index is 349. The van der Waals surface area contributed by atoms with E-state index in [1.54, 1.807) is 0 Å². The van der Waals surface area contributed by atoms with Crippen molar-refractivity contribution < 1.29 is 9.53 Å². The Balaban J connectivity index is 2.26. The van der Waals surface area contributed by atoms with Gasteiger partial charge in [-0.1, -0.05) is 31.9 Å². The van der Waals surface area contributed by atoms with Crippen LogP contribution < -0.4 is 15.6 Å². The van der Waals surface area contributed by atoms with Gasteiger partial charge in [-0.15, -0.1) is 0 Å². The van der Waals surface area contributed by atoms with Crippen LogP contribution in [0.5, 0.6) is 5.75 Å². The zero-order chi connectivity index (χ0) is 13.2. The molecule has 0 unspecified atom stereocenters. The maximum Gasteiger partial charge on any atom is 0.230 e. The van der Waals surface area contributed by atoms with Crippen LogP contribution in [0.25, 0.3) is 0 Å². The number of ether oxygens (including phenoxy) is 1. The molecule has 0 aliphatic heterocycles. The van der Waals surface area contributed by atoms with E-state index in [1.165, 1.54) is 19.8 Å². The van der Waals surface area contributed by atoms with E-state index in [0.717, 1.165) is 24.3 Å². The number of amides is 1. The number of unbranched alkanes of at least 4 members (excludes halogenated alkanes) is 2. The highest BCUT2D eigenvalue weighted by atomic mass is 16.5. The van der Waals surface area contributed by atoms with Crippen LogP contribution in [0.2, 0.25) is 0 Å². The molecule has 1 rings (SSSR count). The summed E-state index contributed by atoms with van der Waals surface area (Å²) in [5, 5.41) is 0. The fourth-order valence-electron chi connectivity index (χ4n) is 1.52. The second-order valence-corrected chi connectivity index (χ2v) is 4.23. The molecule has 18 heavy (non-hydrogen) atoms. The number of hydrogen-bond acceptors (Lipinski definition) is 3. The minimum absolute atomic E-state index is 0.0918. The first-order valence-corrected chi connectivity index (χ1v) is 6.43. The molecule has 0 bridgehead atoms. The van der Waals surface area contributed by atoms with E-state index in [4.69, 9.17) is 4.74 Å². The Morgan fingerprint density at radius 2 is 1.94 bits per heavy atom. The fourth-order valence-corrected chi connectivity index (χ4v) is 1.52. The SMILES string of the molecule is CCCCCOc1ccc(CNNC(C)=O)cc1. The molecule has 100 valence electrons. The van der Waals surface area contributed by atoms with Gasteiger partial charge in [-0.05, 0) is 24.1 Å². The number of nitrogens with one attached hydrogen (secondary N) is 2. The van der Waals surface area contributed by atoms with E-state index in [1.807, 2.05) is 24.3 Å². The number of hydrazine groups is 1. The third kappa shape index (κ3) is 6.25. The molecule has 0 spiro atoms. The lowest BCUT2D eigenvalue weighted by molar-refractivity contribution is -0.119. The average Bonchev–Trinajstić information content (AvgIpc) is 2.36. The number of carbonyl (C=O) groups is 1. The molecular formula is C14H22N2O2. The summed E-state index contributed by atoms with van der Waals surface area (Å²) in [7, 11) is 0. The fraction of sp³-hybridized carbons (Fsp3) is 0.500. The summed E-state index contributed by atoms with van der Waals surface area (Å²) in [4.78, 5) is 10.7. The lowest BCUT2D eigenvalue weighted by atomic mass is 10.2. The van der Waals surface area contributed by atoms with Gasteiger partial charge in [0.2, 0.25) is 5.91 Å². The van der Waals surface area contributed by atoms with E-state index >= 15 is 0 Å². The van der Waals surface area contributed by atoms with Crippen LogP contribution in [0.1, 0.15) is 38.7 Å². The molecule has 2 N–H and O–H groups in total. The summed E-state index contributed by atoms with van der Waals surface area (Å²) < 4.78 is 5.62. The molecule has 4 nitrogen and oxygen atoms in total. The second kappa shape index (κ2) is 8.53. The first kappa shape index (κ1) is 14.5. The van der Waals surface area contributed by atoms with Crippen molar-refractivity contribution in [1.82, 2.24) is 10.9 Å². The lowest BCUT2D eigenvalue weighted by Gasteiger charge is -2.08. The molecule has 0 aromatic heterocycles. The van der Waals surface area contributed by atoms with Gasteiger partial charge in [-0.2, -0.15) is 0 Å². The van der Waals surface area contributed by atoms with Crippen molar-refractivity contribution in [2.24, 2.45) is 0 Å². The van der Waals surface area contributed by atoms with Crippen molar-refractivity contribution >= 4 is 5.91 Å². The van der Waals surface area contributed by atoms with E-state index in [0.29, 0.717) is 6.54 Å². The predicted molar refractivity (Wildman–Crippen MR) is 72.1 cm³/mol. The van der Waals surface area contributed by atoms with E-state index in [-0.39, 0.29) is 5.91 Å². The Labute approximate surface area is 109 Å². The minimum Gasteiger partial charge on any atom is -0.494 e. The Morgan fingerprint density at radius 1 is 1.22 bits per heavy atom. The molecule has 0 heterocycles.